The average Bonchev–Trinajstić information content (AvgIpc) is 2.99. The molecule has 0 saturated carbocycles. The van der Waals surface area contributed by atoms with Crippen molar-refractivity contribution in [3.8, 4) is 5.69 Å². The van der Waals surface area contributed by atoms with Crippen LogP contribution in [0.4, 0.5) is 5.69 Å². The number of carbonyl (C=O) groups is 1. The third kappa shape index (κ3) is 1.96. The van der Waals surface area contributed by atoms with Gasteiger partial charge >= 0.3 is 0 Å². The van der Waals surface area contributed by atoms with E-state index in [4.69, 9.17) is 0 Å². The molecule has 0 aliphatic carbocycles. The number of hydrogen-bond donors (Lipinski definition) is 1. The SMILES string of the molecule is CC(O)c1cn(-c2ccc3c(c2)N(C)C(=O)C3(C)C)cn1. The highest BCUT2D eigenvalue weighted by molar-refractivity contribution is 6.07. The van der Waals surface area contributed by atoms with Crippen LogP contribution in [0.15, 0.2) is 30.7 Å². The summed E-state index contributed by atoms with van der Waals surface area (Å²) in [5.41, 5.74) is 3.03. The predicted molar refractivity (Wildman–Crippen MR) is 80.6 cm³/mol. The van der Waals surface area contributed by atoms with Gasteiger partial charge in [-0.25, -0.2) is 4.98 Å². The topological polar surface area (TPSA) is 58.4 Å². The Bertz CT molecular complexity index is 716. The van der Waals surface area contributed by atoms with Crippen molar-refractivity contribution in [2.75, 3.05) is 11.9 Å². The van der Waals surface area contributed by atoms with Gasteiger partial charge in [-0.2, -0.15) is 0 Å². The highest BCUT2D eigenvalue weighted by Gasteiger charge is 2.42. The third-order valence-electron chi connectivity index (χ3n) is 4.18. The van der Waals surface area contributed by atoms with Gasteiger partial charge in [0.25, 0.3) is 0 Å². The van der Waals surface area contributed by atoms with E-state index in [1.54, 1.807) is 31.4 Å². The second kappa shape index (κ2) is 4.43. The van der Waals surface area contributed by atoms with E-state index in [-0.39, 0.29) is 5.91 Å². The molecule has 1 aromatic carbocycles. The lowest BCUT2D eigenvalue weighted by molar-refractivity contribution is -0.121. The molecule has 110 valence electrons. The monoisotopic (exact) mass is 285 g/mol. The van der Waals surface area contributed by atoms with Crippen LogP contribution in [0.3, 0.4) is 0 Å². The van der Waals surface area contributed by atoms with Gasteiger partial charge in [-0.1, -0.05) is 6.07 Å². The molecule has 2 heterocycles. The van der Waals surface area contributed by atoms with Crippen molar-refractivity contribution in [3.05, 3.63) is 42.0 Å². The Hall–Kier alpha value is -2.14. The van der Waals surface area contributed by atoms with E-state index in [0.717, 1.165) is 16.9 Å². The van der Waals surface area contributed by atoms with Gasteiger partial charge in [0, 0.05) is 24.6 Å². The number of hydrogen-bond acceptors (Lipinski definition) is 3. The molecule has 1 aromatic heterocycles. The van der Waals surface area contributed by atoms with Crippen molar-refractivity contribution >= 4 is 11.6 Å². The van der Waals surface area contributed by atoms with E-state index >= 15 is 0 Å². The lowest BCUT2D eigenvalue weighted by Gasteiger charge is -2.16. The molecular weight excluding hydrogens is 266 g/mol. The summed E-state index contributed by atoms with van der Waals surface area (Å²) in [6.45, 7) is 5.57. The maximum Gasteiger partial charge on any atom is 0.236 e. The molecule has 0 radical (unpaired) electrons. The highest BCUT2D eigenvalue weighted by atomic mass is 16.3. The van der Waals surface area contributed by atoms with Gasteiger partial charge in [-0.05, 0) is 38.5 Å². The minimum absolute atomic E-state index is 0.102. The van der Waals surface area contributed by atoms with Gasteiger partial charge in [-0.3, -0.25) is 4.79 Å². The summed E-state index contributed by atoms with van der Waals surface area (Å²) in [6.07, 6.45) is 2.88. The molecule has 1 amide bonds. The fourth-order valence-electron chi connectivity index (χ4n) is 2.83. The van der Waals surface area contributed by atoms with Gasteiger partial charge in [0.1, 0.15) is 0 Å². The predicted octanol–water partition coefficient (Wildman–Crippen LogP) is 2.18. The van der Waals surface area contributed by atoms with Crippen molar-refractivity contribution in [1.82, 2.24) is 9.55 Å². The average molecular weight is 285 g/mol. The summed E-state index contributed by atoms with van der Waals surface area (Å²) in [4.78, 5) is 18.2. The number of nitrogens with zero attached hydrogens (tertiary/aromatic N) is 3. The Morgan fingerprint density at radius 1 is 1.33 bits per heavy atom. The van der Waals surface area contributed by atoms with Crippen molar-refractivity contribution in [2.24, 2.45) is 0 Å². The molecular formula is C16H19N3O2. The molecule has 0 bridgehead atoms. The summed E-state index contributed by atoms with van der Waals surface area (Å²) in [7, 11) is 1.80. The summed E-state index contributed by atoms with van der Waals surface area (Å²) in [5, 5.41) is 9.56. The van der Waals surface area contributed by atoms with Gasteiger partial charge < -0.3 is 14.6 Å². The molecule has 0 saturated heterocycles. The van der Waals surface area contributed by atoms with E-state index in [2.05, 4.69) is 4.98 Å². The first-order valence-electron chi connectivity index (χ1n) is 6.97. The first kappa shape index (κ1) is 13.8. The molecule has 1 unspecified atom stereocenters. The van der Waals surface area contributed by atoms with E-state index < -0.39 is 11.5 Å². The van der Waals surface area contributed by atoms with Crippen molar-refractivity contribution in [3.63, 3.8) is 0 Å². The normalized spacial score (nSPS) is 18.0. The van der Waals surface area contributed by atoms with Gasteiger partial charge in [0.2, 0.25) is 5.91 Å². The van der Waals surface area contributed by atoms with E-state index in [0.29, 0.717) is 5.69 Å². The second-order valence-electron chi connectivity index (χ2n) is 6.07. The zero-order chi connectivity index (χ0) is 15.4. The van der Waals surface area contributed by atoms with Gasteiger partial charge in [0.05, 0.1) is 23.5 Å². The van der Waals surface area contributed by atoms with Gasteiger partial charge in [-0.15, -0.1) is 0 Å². The zero-order valence-corrected chi connectivity index (χ0v) is 12.7. The number of benzene rings is 1. The Kier molecular flexibility index (Phi) is 2.92. The maximum absolute atomic E-state index is 12.3. The Labute approximate surface area is 123 Å². The van der Waals surface area contributed by atoms with E-state index in [1.807, 2.05) is 36.6 Å². The van der Waals surface area contributed by atoms with Crippen molar-refractivity contribution in [1.29, 1.82) is 0 Å². The van der Waals surface area contributed by atoms with Crippen LogP contribution in [0.2, 0.25) is 0 Å². The molecule has 1 N–H and O–H groups in total. The number of carbonyl (C=O) groups excluding carboxylic acids is 1. The van der Waals surface area contributed by atoms with Crippen LogP contribution in [0.5, 0.6) is 0 Å². The van der Waals surface area contributed by atoms with Crippen LogP contribution < -0.4 is 4.90 Å². The standard InChI is InChI=1S/C16H19N3O2/c1-10(20)13-8-19(9-17-13)11-5-6-12-14(7-11)18(4)15(21)16(12,2)3/h5-10,20H,1-4H3. The van der Waals surface area contributed by atoms with Crippen LogP contribution in [0.25, 0.3) is 5.69 Å². The summed E-state index contributed by atoms with van der Waals surface area (Å²) in [5.74, 6) is 0.102. The quantitative estimate of drug-likeness (QED) is 0.920. The lowest BCUT2D eigenvalue weighted by Crippen LogP contribution is -2.33. The van der Waals surface area contributed by atoms with Crippen LogP contribution in [0.1, 0.15) is 38.1 Å². The number of amides is 1. The molecule has 1 aliphatic heterocycles. The second-order valence-corrected chi connectivity index (χ2v) is 6.07. The van der Waals surface area contributed by atoms with Gasteiger partial charge in [0.15, 0.2) is 0 Å². The number of aliphatic hydroxyl groups excluding tert-OH is 1. The number of aliphatic hydroxyl groups is 1. The van der Waals surface area contributed by atoms with E-state index in [9.17, 15) is 9.90 Å². The number of imidazole rings is 1. The molecule has 1 aliphatic rings. The Balaban J connectivity index is 2.07. The molecule has 1 atom stereocenters. The number of anilines is 1. The third-order valence-corrected chi connectivity index (χ3v) is 4.18. The lowest BCUT2D eigenvalue weighted by atomic mass is 9.86. The highest BCUT2D eigenvalue weighted by Crippen LogP contribution is 2.41. The molecule has 2 aromatic rings. The Morgan fingerprint density at radius 2 is 2.05 bits per heavy atom. The fourth-order valence-corrected chi connectivity index (χ4v) is 2.83. The molecule has 3 rings (SSSR count). The molecule has 0 spiro atoms. The maximum atomic E-state index is 12.3. The van der Waals surface area contributed by atoms with Crippen LogP contribution in [-0.4, -0.2) is 27.6 Å². The minimum atomic E-state index is -0.594. The molecule has 5 nitrogen and oxygen atoms in total. The first-order valence-corrected chi connectivity index (χ1v) is 6.97. The number of rotatable bonds is 2. The van der Waals surface area contributed by atoms with Crippen molar-refractivity contribution in [2.45, 2.75) is 32.3 Å². The van der Waals surface area contributed by atoms with Crippen LogP contribution >= 0.6 is 0 Å². The van der Waals surface area contributed by atoms with Crippen LogP contribution in [0, 0.1) is 0 Å². The van der Waals surface area contributed by atoms with Crippen molar-refractivity contribution < 1.29 is 9.90 Å². The molecule has 0 fully saturated rings. The van der Waals surface area contributed by atoms with E-state index in [1.165, 1.54) is 0 Å². The summed E-state index contributed by atoms with van der Waals surface area (Å²) >= 11 is 0. The molecule has 5 heteroatoms. The van der Waals surface area contributed by atoms with Crippen LogP contribution in [-0.2, 0) is 10.2 Å². The number of aromatic nitrogens is 2. The molecule has 21 heavy (non-hydrogen) atoms. The largest absolute Gasteiger partial charge is 0.387 e. The smallest absolute Gasteiger partial charge is 0.236 e. The fraction of sp³-hybridized carbons (Fsp3) is 0.375. The number of likely N-dealkylation sites (N-methyl/N-ethyl adjacent to an activating group) is 1. The summed E-state index contributed by atoms with van der Waals surface area (Å²) < 4.78 is 1.85. The Morgan fingerprint density at radius 3 is 2.67 bits per heavy atom. The first-order chi connectivity index (χ1) is 9.82. The summed E-state index contributed by atoms with van der Waals surface area (Å²) in [6, 6.07) is 5.95. The number of fused-ring (bicyclic) bond motifs is 1. The zero-order valence-electron chi connectivity index (χ0n) is 12.7. The minimum Gasteiger partial charge on any atom is -0.387 e.